The average Bonchev–Trinajstić information content (AvgIpc) is 2.28. The quantitative estimate of drug-likeness (QED) is 0.374. The molecular formula is C12H15O6P. The number of phosphoric acid groups is 1. The highest BCUT2D eigenvalue weighted by atomic mass is 31.2. The van der Waals surface area contributed by atoms with Crippen molar-refractivity contribution in [2.75, 3.05) is 0 Å². The zero-order valence-corrected chi connectivity index (χ0v) is 11.5. The van der Waals surface area contributed by atoms with Crippen LogP contribution in [0.5, 0.6) is 5.75 Å². The Hall–Kier alpha value is -1.62. The molecule has 104 valence electrons. The summed E-state index contributed by atoms with van der Waals surface area (Å²) in [4.78, 5) is 20.7. The molecule has 1 N–H and O–H groups in total. The smallest absolute Gasteiger partial charge is 0.432 e. The van der Waals surface area contributed by atoms with Crippen molar-refractivity contribution in [3.05, 3.63) is 42.5 Å². The Kier molecular flexibility index (Phi) is 5.30. The molecule has 0 spiro atoms. The van der Waals surface area contributed by atoms with E-state index in [0.29, 0.717) is 0 Å². The number of hydrogen-bond donors (Lipinski definition) is 1. The standard InChI is InChI=1S/C12H15O6P/c1-9(2)12(13)16-10(3)17-19(14,15)18-11-7-5-4-6-8-11/h4-8,10H,1H2,2-3H3,(H,14,15). The third-order valence-corrected chi connectivity index (χ3v) is 2.87. The molecule has 0 fully saturated rings. The van der Waals surface area contributed by atoms with Gasteiger partial charge in [0.25, 0.3) is 0 Å². The lowest BCUT2D eigenvalue weighted by Crippen LogP contribution is -2.18. The van der Waals surface area contributed by atoms with Crippen molar-refractivity contribution in [3.8, 4) is 5.75 Å². The number of carbonyl (C=O) groups excluding carboxylic acids is 1. The summed E-state index contributed by atoms with van der Waals surface area (Å²) in [5.74, 6) is -0.543. The highest BCUT2D eigenvalue weighted by Gasteiger charge is 2.28. The number of phosphoric ester groups is 1. The van der Waals surface area contributed by atoms with Crippen molar-refractivity contribution in [1.29, 1.82) is 0 Å². The Morgan fingerprint density at radius 3 is 2.47 bits per heavy atom. The Morgan fingerprint density at radius 2 is 1.95 bits per heavy atom. The molecule has 1 rings (SSSR count). The molecule has 0 bridgehead atoms. The minimum Gasteiger partial charge on any atom is -0.432 e. The summed E-state index contributed by atoms with van der Waals surface area (Å²) in [5.41, 5.74) is 0.159. The van der Waals surface area contributed by atoms with Crippen LogP contribution in [0, 0.1) is 0 Å². The Balaban J connectivity index is 2.57. The molecule has 0 saturated heterocycles. The van der Waals surface area contributed by atoms with Crippen LogP contribution < -0.4 is 4.52 Å². The fourth-order valence-corrected chi connectivity index (χ4v) is 1.95. The largest absolute Gasteiger partial charge is 0.530 e. The molecule has 19 heavy (non-hydrogen) atoms. The second-order valence-electron chi connectivity index (χ2n) is 3.73. The molecule has 0 radical (unpaired) electrons. The first-order valence-electron chi connectivity index (χ1n) is 5.42. The molecule has 1 aromatic rings. The monoisotopic (exact) mass is 286 g/mol. The predicted octanol–water partition coefficient (Wildman–Crippen LogP) is 2.65. The van der Waals surface area contributed by atoms with Gasteiger partial charge in [0.1, 0.15) is 5.75 Å². The maximum Gasteiger partial charge on any atom is 0.530 e. The summed E-state index contributed by atoms with van der Waals surface area (Å²) in [5, 5.41) is 0. The topological polar surface area (TPSA) is 82.1 Å². The summed E-state index contributed by atoms with van der Waals surface area (Å²) in [6.45, 7) is 6.14. The van der Waals surface area contributed by atoms with Gasteiger partial charge < -0.3 is 9.26 Å². The van der Waals surface area contributed by atoms with E-state index in [9.17, 15) is 14.3 Å². The summed E-state index contributed by atoms with van der Waals surface area (Å²) < 4.78 is 25.8. The average molecular weight is 286 g/mol. The van der Waals surface area contributed by atoms with E-state index in [4.69, 9.17) is 9.26 Å². The molecule has 0 aliphatic carbocycles. The maximum atomic E-state index is 11.6. The van der Waals surface area contributed by atoms with Gasteiger partial charge in [-0.25, -0.2) is 13.9 Å². The van der Waals surface area contributed by atoms with E-state index in [0.717, 1.165) is 0 Å². The summed E-state index contributed by atoms with van der Waals surface area (Å²) in [6.07, 6.45) is -1.23. The van der Waals surface area contributed by atoms with Crippen molar-refractivity contribution in [2.45, 2.75) is 20.1 Å². The molecule has 2 unspecified atom stereocenters. The zero-order valence-electron chi connectivity index (χ0n) is 10.6. The molecule has 1 aromatic carbocycles. The minimum absolute atomic E-state index is 0.159. The van der Waals surface area contributed by atoms with Crippen LogP contribution in [-0.2, 0) is 18.6 Å². The van der Waals surface area contributed by atoms with Gasteiger partial charge in [-0.2, -0.15) is 0 Å². The van der Waals surface area contributed by atoms with E-state index in [-0.39, 0.29) is 11.3 Å². The molecule has 0 aliphatic heterocycles. The second kappa shape index (κ2) is 6.52. The first-order chi connectivity index (χ1) is 8.80. The Labute approximate surface area is 111 Å². The van der Waals surface area contributed by atoms with Gasteiger partial charge in [-0.15, -0.1) is 0 Å². The van der Waals surface area contributed by atoms with E-state index in [2.05, 4.69) is 11.1 Å². The third kappa shape index (κ3) is 5.70. The zero-order chi connectivity index (χ0) is 14.5. The van der Waals surface area contributed by atoms with Crippen LogP contribution in [0.3, 0.4) is 0 Å². The number of esters is 1. The number of benzene rings is 1. The van der Waals surface area contributed by atoms with E-state index in [1.165, 1.54) is 26.0 Å². The van der Waals surface area contributed by atoms with Crippen LogP contribution in [0.4, 0.5) is 0 Å². The number of ether oxygens (including phenoxy) is 1. The SMILES string of the molecule is C=C(C)C(=O)OC(C)OP(=O)(O)Oc1ccccc1. The van der Waals surface area contributed by atoms with Crippen LogP contribution in [0.1, 0.15) is 13.8 Å². The summed E-state index contributed by atoms with van der Waals surface area (Å²) >= 11 is 0. The first kappa shape index (κ1) is 15.4. The molecule has 0 heterocycles. The van der Waals surface area contributed by atoms with Gasteiger partial charge in [0.2, 0.25) is 6.29 Å². The van der Waals surface area contributed by atoms with Gasteiger partial charge in [0.15, 0.2) is 0 Å². The molecule has 0 amide bonds. The van der Waals surface area contributed by atoms with Gasteiger partial charge in [-0.3, -0.25) is 4.89 Å². The molecular weight excluding hydrogens is 271 g/mol. The van der Waals surface area contributed by atoms with Crippen molar-refractivity contribution in [2.24, 2.45) is 0 Å². The van der Waals surface area contributed by atoms with Crippen molar-refractivity contribution >= 4 is 13.8 Å². The van der Waals surface area contributed by atoms with Gasteiger partial charge >= 0.3 is 13.8 Å². The van der Waals surface area contributed by atoms with Gasteiger partial charge in [-0.1, -0.05) is 24.8 Å². The number of para-hydroxylation sites is 1. The van der Waals surface area contributed by atoms with Gasteiger partial charge in [0.05, 0.1) is 0 Å². The predicted molar refractivity (Wildman–Crippen MR) is 68.3 cm³/mol. The molecule has 2 atom stereocenters. The van der Waals surface area contributed by atoms with Gasteiger partial charge in [-0.05, 0) is 26.0 Å². The van der Waals surface area contributed by atoms with Crippen LogP contribution in [0.15, 0.2) is 42.5 Å². The molecule has 0 aromatic heterocycles. The fourth-order valence-electron chi connectivity index (χ4n) is 1.10. The molecule has 0 saturated carbocycles. The second-order valence-corrected chi connectivity index (χ2v) is 5.06. The van der Waals surface area contributed by atoms with E-state index < -0.39 is 20.1 Å². The number of carbonyl (C=O) groups is 1. The number of hydrogen-bond acceptors (Lipinski definition) is 5. The van der Waals surface area contributed by atoms with E-state index >= 15 is 0 Å². The van der Waals surface area contributed by atoms with E-state index in [1.807, 2.05) is 0 Å². The Bertz CT molecular complexity index is 498. The lowest BCUT2D eigenvalue weighted by Gasteiger charge is -2.18. The fraction of sp³-hybridized carbons (Fsp3) is 0.250. The van der Waals surface area contributed by atoms with Crippen LogP contribution in [-0.4, -0.2) is 17.2 Å². The lowest BCUT2D eigenvalue weighted by atomic mass is 10.3. The van der Waals surface area contributed by atoms with Crippen LogP contribution >= 0.6 is 7.82 Å². The van der Waals surface area contributed by atoms with Crippen molar-refractivity contribution in [3.63, 3.8) is 0 Å². The first-order valence-corrected chi connectivity index (χ1v) is 6.92. The van der Waals surface area contributed by atoms with E-state index in [1.54, 1.807) is 18.2 Å². The molecule has 7 heteroatoms. The normalized spacial score (nSPS) is 15.1. The third-order valence-electron chi connectivity index (χ3n) is 1.87. The highest BCUT2D eigenvalue weighted by molar-refractivity contribution is 7.47. The molecule has 6 nitrogen and oxygen atoms in total. The van der Waals surface area contributed by atoms with Crippen LogP contribution in [0.25, 0.3) is 0 Å². The lowest BCUT2D eigenvalue weighted by molar-refractivity contribution is -0.157. The Morgan fingerprint density at radius 1 is 1.37 bits per heavy atom. The van der Waals surface area contributed by atoms with Crippen molar-refractivity contribution in [1.82, 2.24) is 0 Å². The number of rotatable bonds is 6. The highest BCUT2D eigenvalue weighted by Crippen LogP contribution is 2.45. The molecule has 0 aliphatic rings. The minimum atomic E-state index is -4.36. The van der Waals surface area contributed by atoms with Crippen molar-refractivity contribution < 1.29 is 28.0 Å². The maximum absolute atomic E-state index is 11.6. The summed E-state index contributed by atoms with van der Waals surface area (Å²) in [7, 11) is -4.36. The van der Waals surface area contributed by atoms with Crippen LogP contribution in [0.2, 0.25) is 0 Å². The summed E-state index contributed by atoms with van der Waals surface area (Å²) in [6, 6.07) is 8.00. The van der Waals surface area contributed by atoms with Gasteiger partial charge in [0, 0.05) is 5.57 Å².